The first-order valence-electron chi connectivity index (χ1n) is 9.54. The van der Waals surface area contributed by atoms with Crippen molar-refractivity contribution >= 4 is 11.9 Å². The number of nitrogens with zero attached hydrogens (tertiary/aromatic N) is 1. The van der Waals surface area contributed by atoms with Crippen LogP contribution in [0, 0.1) is 5.92 Å². The van der Waals surface area contributed by atoms with Gasteiger partial charge in [-0.15, -0.1) is 0 Å². The van der Waals surface area contributed by atoms with Crippen molar-refractivity contribution in [1.82, 2.24) is 4.90 Å². The van der Waals surface area contributed by atoms with Gasteiger partial charge in [-0.1, -0.05) is 12.1 Å². The monoisotopic (exact) mass is 399 g/mol. The van der Waals surface area contributed by atoms with E-state index < -0.39 is 11.9 Å². The predicted molar refractivity (Wildman–Crippen MR) is 106 cm³/mol. The molecule has 0 aliphatic carbocycles. The third-order valence-electron chi connectivity index (χ3n) is 4.81. The van der Waals surface area contributed by atoms with Crippen LogP contribution in [0.15, 0.2) is 48.5 Å². The molecule has 1 aliphatic heterocycles. The van der Waals surface area contributed by atoms with Gasteiger partial charge in [0.2, 0.25) is 5.91 Å². The minimum atomic E-state index is -0.909. The molecule has 3 rings (SSSR count). The summed E-state index contributed by atoms with van der Waals surface area (Å²) in [6, 6.07) is 15.0. The van der Waals surface area contributed by atoms with E-state index in [1.54, 1.807) is 12.0 Å². The van der Waals surface area contributed by atoms with Crippen LogP contribution in [-0.2, 0) is 16.0 Å². The molecule has 1 saturated heterocycles. The standard InChI is InChI=1S/C22H25NO6/c1-27-18-5-7-19(8-6-18)28-11-12-29-20-4-2-3-16(13-20)9-10-23-15-17(22(25)26)14-21(23)24/h2-8,13,17H,9-12,14-15H2,1H3,(H,25,26). The van der Waals surface area contributed by atoms with E-state index in [-0.39, 0.29) is 18.9 Å². The summed E-state index contributed by atoms with van der Waals surface area (Å²) >= 11 is 0. The number of benzene rings is 2. The van der Waals surface area contributed by atoms with E-state index in [0.29, 0.717) is 26.2 Å². The minimum absolute atomic E-state index is 0.0900. The molecule has 0 saturated carbocycles. The van der Waals surface area contributed by atoms with Gasteiger partial charge >= 0.3 is 5.97 Å². The average molecular weight is 399 g/mol. The Morgan fingerprint density at radius 2 is 1.76 bits per heavy atom. The predicted octanol–water partition coefficient (Wildman–Crippen LogP) is 2.63. The Balaban J connectivity index is 1.42. The maximum atomic E-state index is 11.9. The number of rotatable bonds is 10. The minimum Gasteiger partial charge on any atom is -0.497 e. The van der Waals surface area contributed by atoms with E-state index in [1.807, 2.05) is 48.5 Å². The summed E-state index contributed by atoms with van der Waals surface area (Å²) < 4.78 is 16.5. The molecule has 1 amide bonds. The van der Waals surface area contributed by atoms with Crippen LogP contribution in [-0.4, -0.2) is 55.3 Å². The van der Waals surface area contributed by atoms with Gasteiger partial charge in [-0.25, -0.2) is 0 Å². The maximum Gasteiger partial charge on any atom is 0.308 e. The van der Waals surface area contributed by atoms with Crippen molar-refractivity contribution in [2.75, 3.05) is 33.4 Å². The molecule has 7 nitrogen and oxygen atoms in total. The highest BCUT2D eigenvalue weighted by molar-refractivity contribution is 5.86. The fourth-order valence-corrected chi connectivity index (χ4v) is 3.20. The first-order valence-corrected chi connectivity index (χ1v) is 9.54. The molecule has 1 fully saturated rings. The zero-order valence-corrected chi connectivity index (χ0v) is 16.4. The van der Waals surface area contributed by atoms with Gasteiger partial charge in [0.25, 0.3) is 0 Å². The molecule has 154 valence electrons. The van der Waals surface area contributed by atoms with Gasteiger partial charge in [0.15, 0.2) is 0 Å². The molecule has 0 bridgehead atoms. The highest BCUT2D eigenvalue weighted by atomic mass is 16.5. The Morgan fingerprint density at radius 1 is 1.07 bits per heavy atom. The lowest BCUT2D eigenvalue weighted by Crippen LogP contribution is -2.28. The first kappa shape index (κ1) is 20.5. The van der Waals surface area contributed by atoms with Gasteiger partial charge in [-0.3, -0.25) is 9.59 Å². The van der Waals surface area contributed by atoms with E-state index in [0.717, 1.165) is 22.8 Å². The Kier molecular flexibility index (Phi) is 6.94. The van der Waals surface area contributed by atoms with Gasteiger partial charge < -0.3 is 24.2 Å². The lowest BCUT2D eigenvalue weighted by Gasteiger charge is -2.16. The van der Waals surface area contributed by atoms with Crippen LogP contribution >= 0.6 is 0 Å². The summed E-state index contributed by atoms with van der Waals surface area (Å²) in [6.07, 6.45) is 0.740. The van der Waals surface area contributed by atoms with Gasteiger partial charge in [-0.05, 0) is 48.4 Å². The number of carboxylic acid groups (broad SMARTS) is 1. The first-order chi connectivity index (χ1) is 14.0. The van der Waals surface area contributed by atoms with Gasteiger partial charge in [0.05, 0.1) is 13.0 Å². The summed E-state index contributed by atoms with van der Waals surface area (Å²) in [6.45, 7) is 1.61. The summed E-state index contributed by atoms with van der Waals surface area (Å²) in [4.78, 5) is 24.6. The van der Waals surface area contributed by atoms with E-state index in [1.165, 1.54) is 0 Å². The van der Waals surface area contributed by atoms with E-state index in [2.05, 4.69) is 0 Å². The highest BCUT2D eigenvalue weighted by Gasteiger charge is 2.33. The van der Waals surface area contributed by atoms with E-state index in [9.17, 15) is 9.59 Å². The van der Waals surface area contributed by atoms with Crippen molar-refractivity contribution in [3.63, 3.8) is 0 Å². The fraction of sp³-hybridized carbons (Fsp3) is 0.364. The number of carbonyl (C=O) groups excluding carboxylic acids is 1. The van der Waals surface area contributed by atoms with E-state index in [4.69, 9.17) is 19.3 Å². The number of aliphatic carboxylic acids is 1. The molecule has 2 aromatic rings. The third kappa shape index (κ3) is 5.88. The third-order valence-corrected chi connectivity index (χ3v) is 4.81. The van der Waals surface area contributed by atoms with Crippen molar-refractivity contribution in [1.29, 1.82) is 0 Å². The zero-order chi connectivity index (χ0) is 20.6. The molecule has 1 aliphatic rings. The van der Waals surface area contributed by atoms with Gasteiger partial charge in [0.1, 0.15) is 30.5 Å². The zero-order valence-electron chi connectivity index (χ0n) is 16.4. The average Bonchev–Trinajstić information content (AvgIpc) is 3.11. The van der Waals surface area contributed by atoms with Crippen molar-refractivity contribution in [3.05, 3.63) is 54.1 Å². The van der Waals surface area contributed by atoms with Crippen LogP contribution in [0.4, 0.5) is 0 Å². The number of hydrogen-bond acceptors (Lipinski definition) is 5. The molecule has 0 spiro atoms. The molecule has 1 heterocycles. The van der Waals surface area contributed by atoms with Crippen molar-refractivity contribution < 1.29 is 28.9 Å². The van der Waals surface area contributed by atoms with Crippen LogP contribution in [0.1, 0.15) is 12.0 Å². The number of methoxy groups -OCH3 is 1. The van der Waals surface area contributed by atoms with Crippen LogP contribution in [0.5, 0.6) is 17.2 Å². The number of carboxylic acids is 1. The molecule has 1 N–H and O–H groups in total. The van der Waals surface area contributed by atoms with Crippen LogP contribution in [0.3, 0.4) is 0 Å². The van der Waals surface area contributed by atoms with E-state index >= 15 is 0 Å². The lowest BCUT2D eigenvalue weighted by atomic mass is 10.1. The second-order valence-corrected chi connectivity index (χ2v) is 6.85. The molecule has 7 heteroatoms. The molecule has 1 atom stereocenters. The topological polar surface area (TPSA) is 85.3 Å². The van der Waals surface area contributed by atoms with Crippen LogP contribution in [0.2, 0.25) is 0 Å². The molecule has 29 heavy (non-hydrogen) atoms. The number of hydrogen-bond donors (Lipinski definition) is 1. The number of ether oxygens (including phenoxy) is 3. The SMILES string of the molecule is COc1ccc(OCCOc2cccc(CCN3CC(C(=O)O)CC3=O)c2)cc1. The van der Waals surface area contributed by atoms with Gasteiger partial charge in [-0.2, -0.15) is 0 Å². The van der Waals surface area contributed by atoms with Crippen LogP contribution in [0.25, 0.3) is 0 Å². The number of likely N-dealkylation sites (tertiary alicyclic amines) is 1. The smallest absolute Gasteiger partial charge is 0.308 e. The molecule has 0 aromatic heterocycles. The highest BCUT2D eigenvalue weighted by Crippen LogP contribution is 2.20. The molecular formula is C22H25NO6. The molecule has 1 unspecified atom stereocenters. The molecular weight excluding hydrogens is 374 g/mol. The Bertz CT molecular complexity index is 835. The molecule has 0 radical (unpaired) electrons. The maximum absolute atomic E-state index is 11.9. The fourth-order valence-electron chi connectivity index (χ4n) is 3.20. The second kappa shape index (κ2) is 9.82. The Morgan fingerprint density at radius 3 is 2.41 bits per heavy atom. The lowest BCUT2D eigenvalue weighted by molar-refractivity contribution is -0.141. The number of amides is 1. The second-order valence-electron chi connectivity index (χ2n) is 6.85. The largest absolute Gasteiger partial charge is 0.497 e. The summed E-state index contributed by atoms with van der Waals surface area (Å²) in [5.74, 6) is 0.658. The normalized spacial score (nSPS) is 16.0. The quantitative estimate of drug-likeness (QED) is 0.618. The summed E-state index contributed by atoms with van der Waals surface area (Å²) in [5, 5.41) is 9.06. The Labute approximate surface area is 169 Å². The van der Waals surface area contributed by atoms with Gasteiger partial charge in [0, 0.05) is 19.5 Å². The van der Waals surface area contributed by atoms with Crippen LogP contribution < -0.4 is 14.2 Å². The van der Waals surface area contributed by atoms with Crippen molar-refractivity contribution in [2.24, 2.45) is 5.92 Å². The number of carbonyl (C=O) groups is 2. The summed E-state index contributed by atoms with van der Waals surface area (Å²) in [7, 11) is 1.62. The summed E-state index contributed by atoms with van der Waals surface area (Å²) in [5.41, 5.74) is 1.03. The Hall–Kier alpha value is -3.22. The van der Waals surface area contributed by atoms with Crippen molar-refractivity contribution in [2.45, 2.75) is 12.8 Å². The van der Waals surface area contributed by atoms with Crippen molar-refractivity contribution in [3.8, 4) is 17.2 Å². The molecule has 2 aromatic carbocycles.